The van der Waals surface area contributed by atoms with Gasteiger partial charge in [0.1, 0.15) is 0 Å². The van der Waals surface area contributed by atoms with Crippen LogP contribution in [0.5, 0.6) is 0 Å². The summed E-state index contributed by atoms with van der Waals surface area (Å²) in [6, 6.07) is 0.775. The van der Waals surface area contributed by atoms with Crippen LogP contribution in [0, 0.1) is 5.92 Å². The quantitative estimate of drug-likeness (QED) is 0.526. The molecule has 2 unspecified atom stereocenters. The molecule has 1 aliphatic carbocycles. The van der Waals surface area contributed by atoms with Gasteiger partial charge in [-0.2, -0.15) is 0 Å². The highest BCUT2D eigenvalue weighted by Gasteiger charge is 2.22. The summed E-state index contributed by atoms with van der Waals surface area (Å²) in [5, 5.41) is 0. The maximum Gasteiger partial charge on any atom is 0.0205 e. The fraction of sp³-hybridized carbons (Fsp3) is 1.00. The van der Waals surface area contributed by atoms with Crippen molar-refractivity contribution >= 4 is 21.8 Å². The third-order valence-corrected chi connectivity index (χ3v) is 3.50. The van der Waals surface area contributed by atoms with Gasteiger partial charge in [0.25, 0.3) is 0 Å². The minimum Gasteiger partial charge on any atom is -0.251 e. The molecule has 0 aromatic carbocycles. The van der Waals surface area contributed by atoms with Crippen LogP contribution in [-0.2, 0) is 0 Å². The van der Waals surface area contributed by atoms with Gasteiger partial charge in [-0.15, -0.1) is 0 Å². The molecule has 0 aromatic rings. The minimum atomic E-state index is 0.775. The topological polar surface area (TPSA) is 12.0 Å². The van der Waals surface area contributed by atoms with Crippen LogP contribution in [-0.4, -0.2) is 12.3 Å². The second-order valence-corrected chi connectivity index (χ2v) is 5.12. The summed E-state index contributed by atoms with van der Waals surface area (Å²) in [5.74, 6) is 0.889. The molecule has 10 heavy (non-hydrogen) atoms. The van der Waals surface area contributed by atoms with Gasteiger partial charge in [0.15, 0.2) is 0 Å². The summed E-state index contributed by atoms with van der Waals surface area (Å²) in [7, 11) is 3.57. The zero-order chi connectivity index (χ0) is 7.40. The molecule has 3 heteroatoms. The number of rotatable bonds is 3. The summed E-state index contributed by atoms with van der Waals surface area (Å²) >= 11 is 0. The maximum absolute atomic E-state index is 3.46. The number of hydrogen-bond acceptors (Lipinski definition) is 3. The Morgan fingerprint density at radius 1 is 1.40 bits per heavy atom. The van der Waals surface area contributed by atoms with E-state index in [1.807, 2.05) is 0 Å². The molecule has 0 spiro atoms. The van der Waals surface area contributed by atoms with E-state index in [0.29, 0.717) is 0 Å². The summed E-state index contributed by atoms with van der Waals surface area (Å²) < 4.78 is 3.46. The third-order valence-electron chi connectivity index (χ3n) is 2.14. The summed E-state index contributed by atoms with van der Waals surface area (Å²) in [6.45, 7) is 2.34. The Kier molecular flexibility index (Phi) is 3.96. The van der Waals surface area contributed by atoms with Gasteiger partial charge in [0.05, 0.1) is 0 Å². The molecule has 1 aliphatic rings. The van der Waals surface area contributed by atoms with Crippen molar-refractivity contribution in [2.24, 2.45) is 5.92 Å². The van der Waals surface area contributed by atoms with Gasteiger partial charge >= 0.3 is 0 Å². The first kappa shape index (κ1) is 8.75. The van der Waals surface area contributed by atoms with Crippen LogP contribution in [0.25, 0.3) is 0 Å². The molecule has 0 aromatic heterocycles. The normalized spacial score (nSPS) is 33.0. The largest absolute Gasteiger partial charge is 0.251 e. The van der Waals surface area contributed by atoms with Crippen LogP contribution in [0.2, 0.25) is 0 Å². The molecule has 1 saturated carbocycles. The highest BCUT2D eigenvalue weighted by molar-refractivity contribution is 8.75. The van der Waals surface area contributed by atoms with E-state index < -0.39 is 0 Å². The lowest BCUT2D eigenvalue weighted by molar-refractivity contribution is 0.503. The zero-order valence-electron chi connectivity index (χ0n) is 6.59. The molecule has 0 aliphatic heterocycles. The Bertz CT molecular complexity index is 97.6. The fourth-order valence-corrected chi connectivity index (χ4v) is 2.66. The molecule has 0 radical (unpaired) electrons. The average Bonchev–Trinajstić information content (AvgIpc) is 2.31. The van der Waals surface area contributed by atoms with E-state index in [2.05, 4.69) is 17.9 Å². The smallest absolute Gasteiger partial charge is 0.0205 e. The van der Waals surface area contributed by atoms with Crippen LogP contribution in [0.1, 0.15) is 26.2 Å². The molecule has 2 atom stereocenters. The molecule has 0 saturated heterocycles. The first-order valence-corrected chi connectivity index (χ1v) is 6.35. The van der Waals surface area contributed by atoms with E-state index in [0.717, 1.165) is 12.0 Å². The predicted molar refractivity (Wildman–Crippen MR) is 51.0 cm³/mol. The van der Waals surface area contributed by atoms with E-state index >= 15 is 0 Å². The van der Waals surface area contributed by atoms with E-state index in [-0.39, 0.29) is 0 Å². The van der Waals surface area contributed by atoms with Gasteiger partial charge < -0.3 is 0 Å². The lowest BCUT2D eigenvalue weighted by Gasteiger charge is -2.14. The molecule has 60 valence electrons. The van der Waals surface area contributed by atoms with Crippen LogP contribution >= 0.6 is 21.8 Å². The van der Waals surface area contributed by atoms with E-state index in [9.17, 15) is 0 Å². The van der Waals surface area contributed by atoms with Crippen LogP contribution in [0.4, 0.5) is 0 Å². The monoisotopic (exact) mass is 177 g/mol. The highest BCUT2D eigenvalue weighted by atomic mass is 33.1. The molecular weight excluding hydrogens is 162 g/mol. The van der Waals surface area contributed by atoms with Gasteiger partial charge in [0.2, 0.25) is 0 Å². The van der Waals surface area contributed by atoms with Crippen molar-refractivity contribution in [3.05, 3.63) is 0 Å². The molecule has 1 nitrogen and oxygen atoms in total. The summed E-state index contributed by atoms with van der Waals surface area (Å²) in [6.07, 6.45) is 6.30. The molecule has 1 fully saturated rings. The van der Waals surface area contributed by atoms with Crippen molar-refractivity contribution in [3.8, 4) is 0 Å². The lowest BCUT2D eigenvalue weighted by Crippen LogP contribution is -2.24. The predicted octanol–water partition coefficient (Wildman–Crippen LogP) is 2.69. The zero-order valence-corrected chi connectivity index (χ0v) is 8.23. The standard InChI is InChI=1S/C7H15NS2/c1-6-4-3-5-7(6)8-10-9-2/h6-8H,3-5H2,1-2H3. The molecule has 0 amide bonds. The summed E-state index contributed by atoms with van der Waals surface area (Å²) in [5.41, 5.74) is 0. The van der Waals surface area contributed by atoms with Crippen LogP contribution in [0.3, 0.4) is 0 Å². The second-order valence-electron chi connectivity index (χ2n) is 2.88. The second kappa shape index (κ2) is 4.52. The first-order chi connectivity index (χ1) is 4.84. The van der Waals surface area contributed by atoms with E-state index in [4.69, 9.17) is 0 Å². The number of hydrogen-bond donors (Lipinski definition) is 1. The van der Waals surface area contributed by atoms with E-state index in [1.165, 1.54) is 19.3 Å². The Morgan fingerprint density at radius 2 is 2.20 bits per heavy atom. The maximum atomic E-state index is 3.46. The van der Waals surface area contributed by atoms with Gasteiger partial charge in [0, 0.05) is 6.04 Å². The molecule has 0 bridgehead atoms. The van der Waals surface area contributed by atoms with E-state index in [1.54, 1.807) is 21.8 Å². The van der Waals surface area contributed by atoms with Crippen molar-refractivity contribution in [1.29, 1.82) is 0 Å². The Hall–Kier alpha value is 0.660. The van der Waals surface area contributed by atoms with Crippen molar-refractivity contribution in [1.82, 2.24) is 4.72 Å². The fourth-order valence-electron chi connectivity index (χ4n) is 1.43. The van der Waals surface area contributed by atoms with Crippen LogP contribution < -0.4 is 4.72 Å². The van der Waals surface area contributed by atoms with Crippen LogP contribution in [0.15, 0.2) is 0 Å². The number of nitrogens with one attached hydrogen (secondary N) is 1. The minimum absolute atomic E-state index is 0.775. The van der Waals surface area contributed by atoms with Gasteiger partial charge in [-0.25, -0.2) is 0 Å². The van der Waals surface area contributed by atoms with Crippen molar-refractivity contribution in [2.75, 3.05) is 6.26 Å². The Labute approximate surface area is 71.3 Å². The molecule has 1 rings (SSSR count). The average molecular weight is 177 g/mol. The van der Waals surface area contributed by atoms with Crippen molar-refractivity contribution < 1.29 is 0 Å². The lowest BCUT2D eigenvalue weighted by atomic mass is 10.1. The van der Waals surface area contributed by atoms with Gasteiger partial charge in [-0.05, 0) is 36.0 Å². The highest BCUT2D eigenvalue weighted by Crippen LogP contribution is 2.27. The van der Waals surface area contributed by atoms with Gasteiger partial charge in [-0.1, -0.05) is 24.1 Å². The molecule has 0 heterocycles. The molecule has 1 N–H and O–H groups in total. The summed E-state index contributed by atoms with van der Waals surface area (Å²) in [4.78, 5) is 0. The van der Waals surface area contributed by atoms with Gasteiger partial charge in [-0.3, -0.25) is 4.72 Å². The third kappa shape index (κ3) is 2.36. The van der Waals surface area contributed by atoms with Crippen molar-refractivity contribution in [2.45, 2.75) is 32.2 Å². The first-order valence-electron chi connectivity index (χ1n) is 3.79. The SMILES string of the molecule is CSSNC1CCCC1C. The Morgan fingerprint density at radius 3 is 2.70 bits per heavy atom. The molecular formula is C7H15NS2. The van der Waals surface area contributed by atoms with Crippen molar-refractivity contribution in [3.63, 3.8) is 0 Å². The Balaban J connectivity index is 2.14.